The van der Waals surface area contributed by atoms with Crippen LogP contribution in [0.4, 0.5) is 5.82 Å². The summed E-state index contributed by atoms with van der Waals surface area (Å²) in [5, 5.41) is 27.1. The molecule has 0 saturated heterocycles. The molecule has 1 saturated carbocycles. The molecule has 2 N–H and O–H groups in total. The highest BCUT2D eigenvalue weighted by atomic mass is 16.4. The molecular weight excluding hydrogens is 236 g/mol. The maximum Gasteiger partial charge on any atom is 0.305 e. The molecular formula is C10H12N6O2. The third-order valence-electron chi connectivity index (χ3n) is 2.99. The molecule has 2 heterocycles. The molecule has 2 aromatic rings. The summed E-state index contributed by atoms with van der Waals surface area (Å²) in [6.07, 6.45) is 2.23. The first-order valence-corrected chi connectivity index (χ1v) is 5.76. The zero-order valence-electron chi connectivity index (χ0n) is 9.52. The summed E-state index contributed by atoms with van der Waals surface area (Å²) in [4.78, 5) is 10.8. The predicted octanol–water partition coefficient (Wildman–Crippen LogP) is 0.184. The van der Waals surface area contributed by atoms with Crippen LogP contribution in [-0.4, -0.2) is 42.4 Å². The lowest BCUT2D eigenvalue weighted by Crippen LogP contribution is -2.26. The number of fused-ring (bicyclic) bond motifs is 1. The zero-order valence-corrected chi connectivity index (χ0v) is 9.52. The van der Waals surface area contributed by atoms with Gasteiger partial charge in [-0.3, -0.25) is 4.79 Å². The minimum Gasteiger partial charge on any atom is -0.481 e. The highest BCUT2D eigenvalue weighted by Gasteiger charge is 2.32. The van der Waals surface area contributed by atoms with Gasteiger partial charge in [0.1, 0.15) is 5.82 Å². The summed E-state index contributed by atoms with van der Waals surface area (Å²) in [6, 6.07) is 3.41. The number of tetrazole rings is 1. The van der Waals surface area contributed by atoms with Gasteiger partial charge in [0.15, 0.2) is 5.65 Å². The Bertz CT molecular complexity index is 579. The number of carboxylic acid groups (broad SMARTS) is 1. The van der Waals surface area contributed by atoms with Crippen LogP contribution in [0.3, 0.4) is 0 Å². The van der Waals surface area contributed by atoms with Crippen LogP contribution < -0.4 is 5.32 Å². The monoisotopic (exact) mass is 248 g/mol. The Morgan fingerprint density at radius 3 is 3.11 bits per heavy atom. The third kappa shape index (κ3) is 2.22. The van der Waals surface area contributed by atoms with E-state index < -0.39 is 5.97 Å². The van der Waals surface area contributed by atoms with Crippen molar-refractivity contribution in [3.63, 3.8) is 0 Å². The summed E-state index contributed by atoms with van der Waals surface area (Å²) >= 11 is 0. The van der Waals surface area contributed by atoms with Gasteiger partial charge in [0.05, 0.1) is 6.42 Å². The topological polar surface area (TPSA) is 105 Å². The molecule has 2 aromatic heterocycles. The van der Waals surface area contributed by atoms with E-state index in [-0.39, 0.29) is 12.5 Å². The van der Waals surface area contributed by atoms with Gasteiger partial charge < -0.3 is 10.4 Å². The summed E-state index contributed by atoms with van der Waals surface area (Å²) in [5.74, 6) is 0.211. The van der Waals surface area contributed by atoms with Gasteiger partial charge in [0.2, 0.25) is 0 Å². The first kappa shape index (κ1) is 10.9. The van der Waals surface area contributed by atoms with Crippen LogP contribution >= 0.6 is 0 Å². The van der Waals surface area contributed by atoms with E-state index in [4.69, 9.17) is 5.11 Å². The van der Waals surface area contributed by atoms with Crippen molar-refractivity contribution in [3.05, 3.63) is 12.1 Å². The van der Waals surface area contributed by atoms with Gasteiger partial charge in [-0.2, -0.15) is 0 Å². The quantitative estimate of drug-likeness (QED) is 0.777. The van der Waals surface area contributed by atoms with Gasteiger partial charge in [-0.15, -0.1) is 14.8 Å². The summed E-state index contributed by atoms with van der Waals surface area (Å²) in [7, 11) is 0. The van der Waals surface area contributed by atoms with Crippen molar-refractivity contribution >= 4 is 17.4 Å². The molecule has 0 spiro atoms. The molecule has 1 aliphatic carbocycles. The first-order valence-electron chi connectivity index (χ1n) is 5.76. The van der Waals surface area contributed by atoms with Crippen molar-refractivity contribution in [1.82, 2.24) is 25.3 Å². The van der Waals surface area contributed by atoms with E-state index in [2.05, 4.69) is 25.9 Å². The minimum absolute atomic E-state index is 0.0797. The van der Waals surface area contributed by atoms with Crippen LogP contribution in [0.15, 0.2) is 12.1 Å². The average Bonchev–Trinajstić information content (AvgIpc) is 3.07. The fourth-order valence-corrected chi connectivity index (χ4v) is 1.94. The van der Waals surface area contributed by atoms with Crippen LogP contribution in [-0.2, 0) is 4.79 Å². The molecule has 0 aromatic carbocycles. The van der Waals surface area contributed by atoms with Gasteiger partial charge in [0.25, 0.3) is 0 Å². The van der Waals surface area contributed by atoms with Crippen LogP contribution in [0.5, 0.6) is 0 Å². The number of rotatable bonds is 5. The van der Waals surface area contributed by atoms with Crippen molar-refractivity contribution in [2.45, 2.75) is 25.3 Å². The van der Waals surface area contributed by atoms with Crippen LogP contribution in [0.1, 0.15) is 19.3 Å². The molecule has 0 aliphatic heterocycles. The minimum atomic E-state index is -0.803. The van der Waals surface area contributed by atoms with Gasteiger partial charge >= 0.3 is 5.97 Å². The van der Waals surface area contributed by atoms with Crippen LogP contribution in [0.25, 0.3) is 5.65 Å². The zero-order chi connectivity index (χ0) is 12.5. The van der Waals surface area contributed by atoms with Crippen LogP contribution in [0, 0.1) is 5.92 Å². The summed E-state index contributed by atoms with van der Waals surface area (Å²) in [5.41, 5.74) is 0.557. The summed E-state index contributed by atoms with van der Waals surface area (Å²) in [6.45, 7) is 0. The van der Waals surface area contributed by atoms with Crippen molar-refractivity contribution in [2.24, 2.45) is 5.92 Å². The predicted molar refractivity (Wildman–Crippen MR) is 61.0 cm³/mol. The number of carboxylic acids is 1. The second-order valence-electron chi connectivity index (χ2n) is 4.43. The molecule has 1 aliphatic rings. The van der Waals surface area contributed by atoms with Crippen molar-refractivity contribution in [2.75, 3.05) is 5.32 Å². The molecule has 0 amide bonds. The Kier molecular flexibility index (Phi) is 2.54. The molecule has 1 unspecified atom stereocenters. The van der Waals surface area contributed by atoms with E-state index in [0.717, 1.165) is 12.8 Å². The summed E-state index contributed by atoms with van der Waals surface area (Å²) < 4.78 is 1.31. The fourth-order valence-electron chi connectivity index (χ4n) is 1.94. The Labute approximate surface area is 102 Å². The number of aliphatic carboxylic acids is 1. The third-order valence-corrected chi connectivity index (χ3v) is 2.99. The van der Waals surface area contributed by atoms with Crippen molar-refractivity contribution in [3.8, 4) is 0 Å². The molecule has 3 rings (SSSR count). The molecule has 18 heavy (non-hydrogen) atoms. The number of anilines is 1. The van der Waals surface area contributed by atoms with E-state index in [1.807, 2.05) is 0 Å². The van der Waals surface area contributed by atoms with E-state index in [9.17, 15) is 4.79 Å². The molecule has 1 atom stereocenters. The highest BCUT2D eigenvalue weighted by Crippen LogP contribution is 2.35. The molecule has 94 valence electrons. The maximum absolute atomic E-state index is 10.8. The van der Waals surface area contributed by atoms with Gasteiger partial charge in [0, 0.05) is 6.04 Å². The molecule has 8 heteroatoms. The van der Waals surface area contributed by atoms with E-state index in [0.29, 0.717) is 17.4 Å². The fraction of sp³-hybridized carbons (Fsp3) is 0.500. The number of aromatic nitrogens is 5. The maximum atomic E-state index is 10.8. The second-order valence-corrected chi connectivity index (χ2v) is 4.43. The lowest BCUT2D eigenvalue weighted by molar-refractivity contribution is -0.137. The normalized spacial score (nSPS) is 16.7. The van der Waals surface area contributed by atoms with E-state index in [1.54, 1.807) is 12.1 Å². The van der Waals surface area contributed by atoms with Gasteiger partial charge in [-0.1, -0.05) is 0 Å². The van der Waals surface area contributed by atoms with Gasteiger partial charge in [-0.05, 0) is 41.3 Å². The van der Waals surface area contributed by atoms with Gasteiger partial charge in [-0.25, -0.2) is 0 Å². The molecule has 0 bridgehead atoms. The standard InChI is InChI=1S/C10H12N6O2/c17-10(18)5-7(6-1-2-6)11-8-3-4-9-12-14-15-16(9)13-8/h3-4,6-7H,1-2,5H2,(H,11,13)(H,17,18). The molecule has 1 fully saturated rings. The van der Waals surface area contributed by atoms with Crippen LogP contribution in [0.2, 0.25) is 0 Å². The lowest BCUT2D eigenvalue weighted by atomic mass is 10.1. The Morgan fingerprint density at radius 1 is 1.56 bits per heavy atom. The first-order chi connectivity index (χ1) is 8.72. The Balaban J connectivity index is 1.78. The highest BCUT2D eigenvalue weighted by molar-refractivity contribution is 5.68. The second kappa shape index (κ2) is 4.21. The number of nitrogens with one attached hydrogen (secondary N) is 1. The SMILES string of the molecule is O=C(O)CC(Nc1ccc2nnnn2n1)C1CC1. The van der Waals surface area contributed by atoms with Crippen molar-refractivity contribution in [1.29, 1.82) is 0 Å². The number of hydrogen-bond donors (Lipinski definition) is 2. The smallest absolute Gasteiger partial charge is 0.305 e. The number of hydrogen-bond acceptors (Lipinski definition) is 6. The Hall–Kier alpha value is -2.25. The Morgan fingerprint density at radius 2 is 2.39 bits per heavy atom. The largest absolute Gasteiger partial charge is 0.481 e. The molecule has 0 radical (unpaired) electrons. The van der Waals surface area contributed by atoms with E-state index in [1.165, 1.54) is 4.63 Å². The molecule has 8 nitrogen and oxygen atoms in total. The van der Waals surface area contributed by atoms with Crippen molar-refractivity contribution < 1.29 is 9.90 Å². The number of nitrogens with zero attached hydrogens (tertiary/aromatic N) is 5. The van der Waals surface area contributed by atoms with E-state index >= 15 is 0 Å². The average molecular weight is 248 g/mol. The number of carbonyl (C=O) groups is 1. The lowest BCUT2D eigenvalue weighted by Gasteiger charge is -2.16.